The summed E-state index contributed by atoms with van der Waals surface area (Å²) in [6.45, 7) is 4.00. The molecule has 0 fully saturated rings. The van der Waals surface area contributed by atoms with Crippen molar-refractivity contribution in [3.8, 4) is 0 Å². The number of phosphoric acid groups is 1. The van der Waals surface area contributed by atoms with Crippen LogP contribution in [0.15, 0.2) is 134 Å². The van der Waals surface area contributed by atoms with Gasteiger partial charge in [0.2, 0.25) is 0 Å². The van der Waals surface area contributed by atoms with Crippen molar-refractivity contribution in [2.24, 2.45) is 0 Å². The van der Waals surface area contributed by atoms with Crippen molar-refractivity contribution in [3.05, 3.63) is 134 Å². The fraction of sp³-hybridized carbons (Fsp3) is 0.657. The minimum absolute atomic E-state index is 0.0380. The predicted molar refractivity (Wildman–Crippen MR) is 341 cm³/mol. The normalized spacial score (nSPS) is 14.1. The van der Waals surface area contributed by atoms with Crippen LogP contribution in [0.2, 0.25) is 0 Å². The van der Waals surface area contributed by atoms with Crippen LogP contribution in [0, 0.1) is 0 Å². The molecule has 0 saturated heterocycles. The first-order valence-electron chi connectivity index (χ1n) is 31.9. The van der Waals surface area contributed by atoms with Crippen LogP contribution < -0.4 is 4.89 Å². The summed E-state index contributed by atoms with van der Waals surface area (Å²) < 4.78 is 34.2. The third kappa shape index (κ3) is 63.3. The zero-order valence-electron chi connectivity index (χ0n) is 51.7. The molecule has 0 heterocycles. The lowest BCUT2D eigenvalue weighted by Crippen LogP contribution is -2.37. The van der Waals surface area contributed by atoms with Crippen LogP contribution in [0.3, 0.4) is 0 Å². The zero-order valence-corrected chi connectivity index (χ0v) is 52.6. The molecule has 2 unspecified atom stereocenters. The van der Waals surface area contributed by atoms with E-state index in [1.54, 1.807) is 0 Å². The van der Waals surface area contributed by atoms with Crippen LogP contribution in [0.5, 0.6) is 0 Å². The first-order chi connectivity index (χ1) is 39.0. The van der Waals surface area contributed by atoms with Crippen molar-refractivity contribution in [3.63, 3.8) is 0 Å². The third-order valence-electron chi connectivity index (χ3n) is 13.2. The van der Waals surface area contributed by atoms with Gasteiger partial charge in [0.05, 0.1) is 27.7 Å². The van der Waals surface area contributed by atoms with Crippen LogP contribution in [-0.4, -0.2) is 70.0 Å². The molecule has 10 heteroatoms. The van der Waals surface area contributed by atoms with Gasteiger partial charge in [-0.1, -0.05) is 257 Å². The third-order valence-corrected chi connectivity index (χ3v) is 14.1. The van der Waals surface area contributed by atoms with Crippen LogP contribution in [-0.2, 0) is 32.7 Å². The Kier molecular flexibility index (Phi) is 56.9. The van der Waals surface area contributed by atoms with Crippen LogP contribution in [0.25, 0.3) is 0 Å². The Bertz CT molecular complexity index is 1810. The van der Waals surface area contributed by atoms with E-state index in [-0.39, 0.29) is 26.1 Å². The Morgan fingerprint density at radius 1 is 0.388 bits per heavy atom. The van der Waals surface area contributed by atoms with Crippen LogP contribution >= 0.6 is 7.82 Å². The Hall–Kier alpha value is -3.85. The average molecular weight is 1130 g/mol. The highest BCUT2D eigenvalue weighted by Gasteiger charge is 2.22. The summed E-state index contributed by atoms with van der Waals surface area (Å²) in [5, 5.41) is 0. The standard InChI is InChI=1S/C70H118NO8P/c1-6-8-10-12-14-16-18-20-22-24-25-26-27-28-29-30-31-32-33-34-35-36-37-38-39-40-41-42-43-44-45-47-49-51-53-55-57-59-61-63-70(73)79-68(67-78-80(74,75)77-65-64-71(3,4)5)66-76-69(72)62-60-58-56-54-52-50-48-46-23-21-19-17-15-13-11-9-7-2/h8-11,14-17,20-23,25-26,28-29,31-32,34-35,37-38,68H,6-7,12-13,18-19,24,27,30,33,36,39-67H2,1-5H3/b10-8-,11-9-,16-14-,17-15-,22-20-,23-21-,26-25-,29-28-,32-31-,35-34-,38-37-. The molecular formula is C70H118NO8P. The molecule has 0 aromatic rings. The van der Waals surface area contributed by atoms with Crippen LogP contribution in [0.1, 0.15) is 245 Å². The van der Waals surface area contributed by atoms with Crippen molar-refractivity contribution >= 4 is 19.8 Å². The van der Waals surface area contributed by atoms with Gasteiger partial charge in [0, 0.05) is 12.8 Å². The van der Waals surface area contributed by atoms with E-state index in [1.165, 1.54) is 89.9 Å². The number of quaternary nitrogens is 1. The number of likely N-dealkylation sites (N-methyl/N-ethyl adjacent to an activating group) is 1. The second kappa shape index (κ2) is 59.8. The minimum Gasteiger partial charge on any atom is -0.756 e. The SMILES string of the molecule is CC/C=C\C/C=C\C/C=C\C/C=C\C/C=C\C/C=C\C/C=C\C/C=C\CCCCCCCCCCCCCCCCC(=O)OC(COC(=O)CCCCCCCCC/C=C\C/C=C\C/C=C\CC)COP(=O)([O-])OCC[N+](C)(C)C. The number of ether oxygens (including phenoxy) is 2. The molecular weight excluding hydrogens is 1010 g/mol. The first kappa shape index (κ1) is 76.1. The quantitative estimate of drug-likeness (QED) is 0.0195. The Labute approximate surface area is 491 Å². The summed E-state index contributed by atoms with van der Waals surface area (Å²) in [7, 11) is 1.15. The molecule has 0 aromatic carbocycles. The molecule has 456 valence electrons. The first-order valence-corrected chi connectivity index (χ1v) is 33.4. The number of carbonyl (C=O) groups excluding carboxylic acids is 2. The monoisotopic (exact) mass is 1130 g/mol. The van der Waals surface area contributed by atoms with E-state index >= 15 is 0 Å². The molecule has 0 aliphatic carbocycles. The van der Waals surface area contributed by atoms with Gasteiger partial charge in [-0.25, -0.2) is 0 Å². The highest BCUT2D eigenvalue weighted by molar-refractivity contribution is 7.45. The minimum atomic E-state index is -4.65. The highest BCUT2D eigenvalue weighted by atomic mass is 31.2. The molecule has 9 nitrogen and oxygen atoms in total. The van der Waals surface area contributed by atoms with Crippen molar-refractivity contribution in [2.45, 2.75) is 251 Å². The summed E-state index contributed by atoms with van der Waals surface area (Å²) in [4.78, 5) is 37.9. The summed E-state index contributed by atoms with van der Waals surface area (Å²) in [5.74, 6) is -0.849. The largest absolute Gasteiger partial charge is 0.756 e. The Morgan fingerprint density at radius 2 is 0.675 bits per heavy atom. The fourth-order valence-electron chi connectivity index (χ4n) is 8.33. The lowest BCUT2D eigenvalue weighted by Gasteiger charge is -2.28. The molecule has 0 spiro atoms. The smallest absolute Gasteiger partial charge is 0.306 e. The summed E-state index contributed by atoms with van der Waals surface area (Å²) in [6.07, 6.45) is 86.6. The van der Waals surface area contributed by atoms with E-state index in [0.717, 1.165) is 116 Å². The maximum atomic E-state index is 12.8. The Morgan fingerprint density at radius 3 is 1.00 bits per heavy atom. The molecule has 0 saturated carbocycles. The van der Waals surface area contributed by atoms with Gasteiger partial charge < -0.3 is 27.9 Å². The van der Waals surface area contributed by atoms with Crippen molar-refractivity contribution < 1.29 is 42.1 Å². The number of nitrogens with zero attached hydrogens (tertiary/aromatic N) is 1. The molecule has 0 aliphatic rings. The van der Waals surface area contributed by atoms with Gasteiger partial charge >= 0.3 is 11.9 Å². The second-order valence-electron chi connectivity index (χ2n) is 22.0. The zero-order chi connectivity index (χ0) is 58.4. The molecule has 0 radical (unpaired) electrons. The van der Waals surface area contributed by atoms with Gasteiger partial charge in [0.1, 0.15) is 19.8 Å². The molecule has 80 heavy (non-hydrogen) atoms. The summed E-state index contributed by atoms with van der Waals surface area (Å²) in [6, 6.07) is 0. The van der Waals surface area contributed by atoms with Gasteiger partial charge in [-0.2, -0.15) is 0 Å². The molecule has 0 bridgehead atoms. The second-order valence-corrected chi connectivity index (χ2v) is 23.4. The van der Waals surface area contributed by atoms with Gasteiger partial charge in [0.15, 0.2) is 6.10 Å². The molecule has 0 rings (SSSR count). The van der Waals surface area contributed by atoms with E-state index in [1.807, 2.05) is 21.1 Å². The molecule has 0 aliphatic heterocycles. The van der Waals surface area contributed by atoms with E-state index in [9.17, 15) is 19.0 Å². The number of esters is 2. The topological polar surface area (TPSA) is 111 Å². The maximum absolute atomic E-state index is 12.8. The average Bonchev–Trinajstić information content (AvgIpc) is 3.42. The summed E-state index contributed by atoms with van der Waals surface area (Å²) >= 11 is 0. The number of hydrogen-bond donors (Lipinski definition) is 0. The van der Waals surface area contributed by atoms with Gasteiger partial charge in [-0.15, -0.1) is 0 Å². The van der Waals surface area contributed by atoms with Crippen LogP contribution in [0.4, 0.5) is 0 Å². The molecule has 2 atom stereocenters. The number of hydrogen-bond acceptors (Lipinski definition) is 8. The number of allylic oxidation sites excluding steroid dienone is 22. The van der Waals surface area contributed by atoms with E-state index < -0.39 is 32.5 Å². The fourth-order valence-corrected chi connectivity index (χ4v) is 9.06. The summed E-state index contributed by atoms with van der Waals surface area (Å²) in [5.41, 5.74) is 0. The molecule has 0 N–H and O–H groups in total. The Balaban J connectivity index is 4.06. The van der Waals surface area contributed by atoms with E-state index in [4.69, 9.17) is 18.5 Å². The number of phosphoric ester groups is 1. The van der Waals surface area contributed by atoms with E-state index in [0.29, 0.717) is 23.9 Å². The van der Waals surface area contributed by atoms with Crippen molar-refractivity contribution in [2.75, 3.05) is 47.5 Å². The van der Waals surface area contributed by atoms with Crippen molar-refractivity contribution in [1.82, 2.24) is 0 Å². The lowest BCUT2D eigenvalue weighted by atomic mass is 10.0. The van der Waals surface area contributed by atoms with Crippen molar-refractivity contribution in [1.29, 1.82) is 0 Å². The number of rotatable bonds is 57. The molecule has 0 aromatic heterocycles. The van der Waals surface area contributed by atoms with Gasteiger partial charge in [-0.05, 0) is 109 Å². The maximum Gasteiger partial charge on any atom is 0.306 e. The van der Waals surface area contributed by atoms with E-state index in [2.05, 4.69) is 148 Å². The van der Waals surface area contributed by atoms with Gasteiger partial charge in [0.25, 0.3) is 7.82 Å². The number of unbranched alkanes of at least 4 members (excludes halogenated alkanes) is 21. The number of carbonyl (C=O) groups is 2. The highest BCUT2D eigenvalue weighted by Crippen LogP contribution is 2.38. The predicted octanol–water partition coefficient (Wildman–Crippen LogP) is 19.9. The van der Waals surface area contributed by atoms with Gasteiger partial charge in [-0.3, -0.25) is 14.2 Å². The lowest BCUT2D eigenvalue weighted by molar-refractivity contribution is -0.870. The molecule has 0 amide bonds.